The highest BCUT2D eigenvalue weighted by Crippen LogP contribution is 2.25. The number of hydrogen-bond acceptors (Lipinski definition) is 4. The summed E-state index contributed by atoms with van der Waals surface area (Å²) < 4.78 is 2.07. The number of aromatic nitrogens is 3. The number of rotatable bonds is 2. The average molecular weight is 374 g/mol. The molecule has 0 aliphatic rings. The smallest absolute Gasteiger partial charge is 0.267 e. The molecule has 4 aromatic rings. The van der Waals surface area contributed by atoms with Gasteiger partial charge < -0.3 is 0 Å². The highest BCUT2D eigenvalue weighted by atomic mass is 35.5. The third-order valence-electron chi connectivity index (χ3n) is 3.53. The first-order valence-corrected chi connectivity index (χ1v) is 8.61. The summed E-state index contributed by atoms with van der Waals surface area (Å²) in [6, 6.07) is 14.5. The highest BCUT2D eigenvalue weighted by molar-refractivity contribution is 7.15. The van der Waals surface area contributed by atoms with E-state index in [1.165, 1.54) is 15.7 Å². The van der Waals surface area contributed by atoms with E-state index < -0.39 is 0 Å². The van der Waals surface area contributed by atoms with E-state index in [4.69, 9.17) is 23.2 Å². The lowest BCUT2D eigenvalue weighted by molar-refractivity contribution is 1.09. The van der Waals surface area contributed by atoms with Crippen LogP contribution in [-0.4, -0.2) is 14.6 Å². The molecule has 118 valence electrons. The van der Waals surface area contributed by atoms with Gasteiger partial charge in [-0.2, -0.15) is 0 Å². The molecule has 0 fully saturated rings. The molecule has 0 atom stereocenters. The summed E-state index contributed by atoms with van der Waals surface area (Å²) in [6.07, 6.45) is 1.81. The Hall–Kier alpha value is -2.21. The second kappa shape index (κ2) is 6.02. The van der Waals surface area contributed by atoms with Crippen LogP contribution in [0.15, 0.2) is 53.3 Å². The van der Waals surface area contributed by atoms with Crippen molar-refractivity contribution in [1.29, 1.82) is 0 Å². The molecule has 24 heavy (non-hydrogen) atoms. The van der Waals surface area contributed by atoms with Gasteiger partial charge in [-0.3, -0.25) is 4.79 Å². The highest BCUT2D eigenvalue weighted by Gasteiger charge is 2.15. The molecule has 7 heteroatoms. The van der Waals surface area contributed by atoms with Crippen molar-refractivity contribution in [2.75, 3.05) is 0 Å². The average Bonchev–Trinajstić information content (AvgIpc) is 3.11. The topological polar surface area (TPSA) is 47.3 Å². The molecule has 0 unspecified atom stereocenters. The minimum atomic E-state index is -0.162. The number of fused-ring (bicyclic) bond motifs is 1. The van der Waals surface area contributed by atoms with Crippen LogP contribution in [0.3, 0.4) is 0 Å². The zero-order valence-electron chi connectivity index (χ0n) is 12.1. The van der Waals surface area contributed by atoms with Gasteiger partial charge in [-0.1, -0.05) is 58.8 Å². The second-order valence-electron chi connectivity index (χ2n) is 5.09. The third-order valence-corrected chi connectivity index (χ3v) is 5.07. The van der Waals surface area contributed by atoms with Crippen LogP contribution in [0.5, 0.6) is 0 Å². The van der Waals surface area contributed by atoms with Crippen molar-refractivity contribution in [2.45, 2.75) is 0 Å². The van der Waals surface area contributed by atoms with Gasteiger partial charge >= 0.3 is 0 Å². The fourth-order valence-electron chi connectivity index (χ4n) is 2.39. The monoisotopic (exact) mass is 373 g/mol. The lowest BCUT2D eigenvalue weighted by Gasteiger charge is -1.99. The van der Waals surface area contributed by atoms with Crippen LogP contribution in [0.2, 0.25) is 10.0 Å². The van der Waals surface area contributed by atoms with Gasteiger partial charge in [-0.15, -0.1) is 10.2 Å². The maximum absolute atomic E-state index is 12.8. The van der Waals surface area contributed by atoms with Crippen LogP contribution < -0.4 is 10.1 Å². The predicted octanol–water partition coefficient (Wildman–Crippen LogP) is 3.67. The number of hydrogen-bond donors (Lipinski definition) is 0. The molecule has 4 rings (SSSR count). The summed E-state index contributed by atoms with van der Waals surface area (Å²) in [4.78, 5) is 13.3. The lowest BCUT2D eigenvalue weighted by Crippen LogP contribution is -2.23. The van der Waals surface area contributed by atoms with Crippen molar-refractivity contribution in [3.05, 3.63) is 79.0 Å². The molecule has 0 N–H and O–H groups in total. The molecule has 0 radical (unpaired) electrons. The number of benzene rings is 2. The largest absolute Gasteiger partial charge is 0.276 e. The van der Waals surface area contributed by atoms with E-state index in [1.54, 1.807) is 18.2 Å². The Morgan fingerprint density at radius 2 is 1.75 bits per heavy atom. The molecule has 0 saturated heterocycles. The zero-order valence-corrected chi connectivity index (χ0v) is 14.4. The summed E-state index contributed by atoms with van der Waals surface area (Å²) in [5, 5.41) is 9.40. The first-order chi connectivity index (χ1) is 11.6. The molecule has 0 amide bonds. The molecule has 0 aliphatic heterocycles. The van der Waals surface area contributed by atoms with E-state index >= 15 is 0 Å². The second-order valence-corrected chi connectivity index (χ2v) is 6.94. The van der Waals surface area contributed by atoms with Gasteiger partial charge in [0.2, 0.25) is 4.96 Å². The molecule has 2 aromatic carbocycles. The van der Waals surface area contributed by atoms with Crippen LogP contribution in [0.25, 0.3) is 22.4 Å². The maximum atomic E-state index is 12.8. The summed E-state index contributed by atoms with van der Waals surface area (Å²) in [5.41, 5.74) is 1.41. The zero-order chi connectivity index (χ0) is 16.7. The van der Waals surface area contributed by atoms with Gasteiger partial charge in [-0.05, 0) is 35.9 Å². The van der Waals surface area contributed by atoms with Crippen LogP contribution in [0, 0.1) is 0 Å². The maximum Gasteiger partial charge on any atom is 0.276 e. The van der Waals surface area contributed by atoms with Crippen molar-refractivity contribution in [3.63, 3.8) is 0 Å². The van der Waals surface area contributed by atoms with Crippen molar-refractivity contribution < 1.29 is 0 Å². The Bertz CT molecular complexity index is 1150. The minimum Gasteiger partial charge on any atom is -0.267 e. The fraction of sp³-hybridized carbons (Fsp3) is 0. The van der Waals surface area contributed by atoms with E-state index in [0.717, 1.165) is 5.56 Å². The van der Waals surface area contributed by atoms with Gasteiger partial charge in [0.15, 0.2) is 5.82 Å². The van der Waals surface area contributed by atoms with Crippen molar-refractivity contribution in [2.24, 2.45) is 0 Å². The van der Waals surface area contributed by atoms with Gasteiger partial charge in [0.05, 0.1) is 9.55 Å². The molecular weight excluding hydrogens is 365 g/mol. The predicted molar refractivity (Wildman–Crippen MR) is 97.8 cm³/mol. The molecule has 4 nitrogen and oxygen atoms in total. The number of halogens is 2. The molecule has 0 spiro atoms. The molecule has 0 bridgehead atoms. The van der Waals surface area contributed by atoms with Gasteiger partial charge in [0, 0.05) is 10.6 Å². The van der Waals surface area contributed by atoms with E-state index in [0.29, 0.717) is 30.9 Å². The Labute approximate surface area is 150 Å². The number of nitrogens with zero attached hydrogens (tertiary/aromatic N) is 3. The Kier molecular flexibility index (Phi) is 3.84. The summed E-state index contributed by atoms with van der Waals surface area (Å²) in [7, 11) is 0. The van der Waals surface area contributed by atoms with E-state index in [1.807, 2.05) is 36.4 Å². The van der Waals surface area contributed by atoms with Crippen LogP contribution in [-0.2, 0) is 0 Å². The van der Waals surface area contributed by atoms with E-state index in [-0.39, 0.29) is 5.56 Å². The Morgan fingerprint density at radius 1 is 1.00 bits per heavy atom. The van der Waals surface area contributed by atoms with Crippen LogP contribution in [0.1, 0.15) is 5.56 Å². The summed E-state index contributed by atoms with van der Waals surface area (Å²) in [5.74, 6) is 0.451. The molecule has 0 saturated carbocycles. The SMILES string of the molecule is O=c1c(=Cc2ccc(Cl)cc2)sc2nnc(-c3ccccc3Cl)n12. The Balaban J connectivity index is 1.93. The standard InChI is InChI=1S/C17H9Cl2N3OS/c18-11-7-5-10(6-8-11)9-14-16(23)22-15(20-21-17(22)24-14)12-3-1-2-4-13(12)19/h1-9H. The van der Waals surface area contributed by atoms with Crippen LogP contribution >= 0.6 is 34.5 Å². The first kappa shape index (κ1) is 15.3. The molecule has 2 aromatic heterocycles. The van der Waals surface area contributed by atoms with Crippen molar-refractivity contribution >= 4 is 45.6 Å². The van der Waals surface area contributed by atoms with Crippen LogP contribution in [0.4, 0.5) is 0 Å². The fourth-order valence-corrected chi connectivity index (χ4v) is 3.65. The van der Waals surface area contributed by atoms with Crippen molar-refractivity contribution in [1.82, 2.24) is 14.6 Å². The van der Waals surface area contributed by atoms with Gasteiger partial charge in [0.1, 0.15) is 0 Å². The lowest BCUT2D eigenvalue weighted by atomic mass is 10.2. The number of thiazole rings is 1. The van der Waals surface area contributed by atoms with Gasteiger partial charge in [0.25, 0.3) is 5.56 Å². The third kappa shape index (κ3) is 2.60. The summed E-state index contributed by atoms with van der Waals surface area (Å²) in [6.45, 7) is 0. The summed E-state index contributed by atoms with van der Waals surface area (Å²) >= 11 is 13.4. The van der Waals surface area contributed by atoms with E-state index in [2.05, 4.69) is 10.2 Å². The van der Waals surface area contributed by atoms with Gasteiger partial charge in [-0.25, -0.2) is 4.40 Å². The first-order valence-electron chi connectivity index (χ1n) is 7.03. The quantitative estimate of drug-likeness (QED) is 0.538. The molecule has 2 heterocycles. The normalized spacial score (nSPS) is 12.2. The molecule has 0 aliphatic carbocycles. The minimum absolute atomic E-state index is 0.162. The van der Waals surface area contributed by atoms with Crippen molar-refractivity contribution in [3.8, 4) is 11.4 Å². The Morgan fingerprint density at radius 3 is 2.50 bits per heavy atom. The molecular formula is C17H9Cl2N3OS. The van der Waals surface area contributed by atoms with E-state index in [9.17, 15) is 4.79 Å².